The predicted molar refractivity (Wildman–Crippen MR) is 152 cm³/mol. The van der Waals surface area contributed by atoms with Crippen LogP contribution < -0.4 is 15.4 Å². The molecule has 9 nitrogen and oxygen atoms in total. The van der Waals surface area contributed by atoms with Gasteiger partial charge in [0, 0.05) is 17.8 Å². The Morgan fingerprint density at radius 3 is 2.28 bits per heavy atom. The van der Waals surface area contributed by atoms with E-state index in [0.29, 0.717) is 23.4 Å². The summed E-state index contributed by atoms with van der Waals surface area (Å²) in [5.41, 5.74) is 0.516. The lowest BCUT2D eigenvalue weighted by Gasteiger charge is -2.34. The summed E-state index contributed by atoms with van der Waals surface area (Å²) in [7, 11) is 1.54. The van der Waals surface area contributed by atoms with Crippen LogP contribution in [0.3, 0.4) is 0 Å². The topological polar surface area (TPSA) is 117 Å². The molecule has 0 fully saturated rings. The van der Waals surface area contributed by atoms with Crippen LogP contribution in [0, 0.1) is 12.8 Å². The summed E-state index contributed by atoms with van der Waals surface area (Å²) in [6, 6.07) is 9.56. The normalized spacial score (nSPS) is 12.7. The number of nitrogens with one attached hydrogen (secondary N) is 2. The van der Waals surface area contributed by atoms with Crippen LogP contribution in [0.2, 0.25) is 0 Å². The smallest absolute Gasteiger partial charge is 0.408 e. The molecule has 0 bridgehead atoms. The number of phenols is 1. The molecule has 2 aromatic carbocycles. The largest absolute Gasteiger partial charge is 0.507 e. The highest BCUT2D eigenvalue weighted by Gasteiger charge is 2.37. The van der Waals surface area contributed by atoms with Crippen LogP contribution in [-0.4, -0.2) is 53.2 Å². The van der Waals surface area contributed by atoms with Crippen molar-refractivity contribution < 1.29 is 29.0 Å². The average Bonchev–Trinajstić information content (AvgIpc) is 2.84. The van der Waals surface area contributed by atoms with E-state index in [2.05, 4.69) is 17.2 Å². The summed E-state index contributed by atoms with van der Waals surface area (Å²) in [5, 5.41) is 16.5. The van der Waals surface area contributed by atoms with Crippen LogP contribution in [0.4, 0.5) is 10.5 Å². The average molecular weight is 540 g/mol. The minimum absolute atomic E-state index is 0.0164. The number of benzene rings is 2. The SMILES string of the molecule is C=CCN(C(=O)C(CC(C)C)NC(=O)OC(C)(C)C)C(C(=O)Nc1ccc(OC)cc1)c1cccc(C)c1O. The molecule has 3 amide bonds. The van der Waals surface area contributed by atoms with Gasteiger partial charge in [-0.3, -0.25) is 9.59 Å². The Labute approximate surface area is 231 Å². The first-order chi connectivity index (χ1) is 18.3. The number of aromatic hydroxyl groups is 1. The predicted octanol–water partition coefficient (Wildman–Crippen LogP) is 5.34. The van der Waals surface area contributed by atoms with Gasteiger partial charge < -0.3 is 30.1 Å². The number of aryl methyl sites for hydroxylation is 1. The number of amides is 3. The molecule has 0 aliphatic carbocycles. The second-order valence-corrected chi connectivity index (χ2v) is 10.7. The van der Waals surface area contributed by atoms with Gasteiger partial charge in [-0.05, 0) is 69.9 Å². The molecule has 2 unspecified atom stereocenters. The first-order valence-corrected chi connectivity index (χ1v) is 12.9. The van der Waals surface area contributed by atoms with Gasteiger partial charge in [-0.15, -0.1) is 6.58 Å². The number of nitrogens with zero attached hydrogens (tertiary/aromatic N) is 1. The molecule has 0 heterocycles. The Bertz CT molecular complexity index is 1150. The van der Waals surface area contributed by atoms with Gasteiger partial charge in [-0.25, -0.2) is 4.79 Å². The highest BCUT2D eigenvalue weighted by molar-refractivity contribution is 5.99. The first-order valence-electron chi connectivity index (χ1n) is 12.9. The van der Waals surface area contributed by atoms with E-state index in [1.807, 2.05) is 13.8 Å². The van der Waals surface area contributed by atoms with Crippen molar-refractivity contribution >= 4 is 23.6 Å². The van der Waals surface area contributed by atoms with Crippen LogP contribution >= 0.6 is 0 Å². The second kappa shape index (κ2) is 13.7. The van der Waals surface area contributed by atoms with Crippen LogP contribution in [-0.2, 0) is 14.3 Å². The highest BCUT2D eigenvalue weighted by atomic mass is 16.6. The monoisotopic (exact) mass is 539 g/mol. The summed E-state index contributed by atoms with van der Waals surface area (Å²) < 4.78 is 10.6. The number of carbonyl (C=O) groups is 3. The number of carbonyl (C=O) groups excluding carboxylic acids is 3. The van der Waals surface area contributed by atoms with Crippen molar-refractivity contribution in [2.75, 3.05) is 19.0 Å². The zero-order valence-electron chi connectivity index (χ0n) is 23.9. The standard InChI is InChI=1S/C30H41N3O6/c1-9-17-33(28(36)24(18-19(2)3)32-29(37)39-30(5,6)7)25(23-12-10-11-20(4)26(23)34)27(35)31-21-13-15-22(38-8)16-14-21/h9-16,19,24-25,34H,1,17-18H2,2-8H3,(H,31,35)(H,32,37). The quantitative estimate of drug-likeness (QED) is 0.332. The zero-order valence-corrected chi connectivity index (χ0v) is 23.9. The molecule has 0 saturated carbocycles. The minimum atomic E-state index is -1.23. The third-order valence-corrected chi connectivity index (χ3v) is 5.79. The maximum absolute atomic E-state index is 14.1. The Morgan fingerprint density at radius 1 is 1.10 bits per heavy atom. The Balaban J connectivity index is 2.55. The summed E-state index contributed by atoms with van der Waals surface area (Å²) in [5.74, 6) is -0.496. The lowest BCUT2D eigenvalue weighted by molar-refractivity contribution is -0.140. The van der Waals surface area contributed by atoms with Gasteiger partial charge >= 0.3 is 6.09 Å². The van der Waals surface area contributed by atoms with Crippen molar-refractivity contribution in [3.05, 3.63) is 66.2 Å². The Kier molecular flexibility index (Phi) is 11.0. The van der Waals surface area contributed by atoms with Crippen LogP contribution in [0.15, 0.2) is 55.1 Å². The summed E-state index contributed by atoms with van der Waals surface area (Å²) in [6.45, 7) is 14.5. The van der Waals surface area contributed by atoms with Crippen LogP contribution in [0.25, 0.3) is 0 Å². The molecule has 0 saturated heterocycles. The van der Waals surface area contributed by atoms with Gasteiger partial charge in [0.2, 0.25) is 5.91 Å². The number of ether oxygens (including phenoxy) is 2. The van der Waals surface area contributed by atoms with E-state index >= 15 is 0 Å². The maximum atomic E-state index is 14.1. The van der Waals surface area contributed by atoms with Crippen molar-refractivity contribution in [1.29, 1.82) is 0 Å². The van der Waals surface area contributed by atoms with Crippen molar-refractivity contribution in [3.8, 4) is 11.5 Å². The van der Waals surface area contributed by atoms with Crippen LogP contribution in [0.1, 0.15) is 58.2 Å². The Morgan fingerprint density at radius 2 is 1.74 bits per heavy atom. The number of hydrogen-bond acceptors (Lipinski definition) is 6. The number of alkyl carbamates (subject to hydrolysis) is 1. The van der Waals surface area contributed by atoms with Crippen LogP contribution in [0.5, 0.6) is 11.5 Å². The zero-order chi connectivity index (χ0) is 29.3. The molecule has 2 rings (SSSR count). The molecule has 212 valence electrons. The number of methoxy groups -OCH3 is 1. The molecule has 0 radical (unpaired) electrons. The van der Waals surface area contributed by atoms with E-state index in [-0.39, 0.29) is 23.8 Å². The van der Waals surface area contributed by atoms with Crippen molar-refractivity contribution in [3.63, 3.8) is 0 Å². The molecule has 0 aliphatic heterocycles. The highest BCUT2D eigenvalue weighted by Crippen LogP contribution is 2.33. The molecular weight excluding hydrogens is 498 g/mol. The van der Waals surface area contributed by atoms with Gasteiger partial charge in [0.1, 0.15) is 29.2 Å². The molecule has 39 heavy (non-hydrogen) atoms. The molecule has 2 aromatic rings. The molecule has 9 heteroatoms. The fourth-order valence-electron chi connectivity index (χ4n) is 4.04. The molecular formula is C30H41N3O6. The lowest BCUT2D eigenvalue weighted by atomic mass is 9.97. The van der Waals surface area contributed by atoms with Gasteiger partial charge in [-0.1, -0.05) is 38.1 Å². The second-order valence-electron chi connectivity index (χ2n) is 10.7. The van der Waals surface area contributed by atoms with E-state index in [1.54, 1.807) is 77.3 Å². The molecule has 0 spiro atoms. The van der Waals surface area contributed by atoms with Gasteiger partial charge in [0.25, 0.3) is 5.91 Å². The van der Waals surface area contributed by atoms with Gasteiger partial charge in [0.15, 0.2) is 0 Å². The number of anilines is 1. The van der Waals surface area contributed by atoms with Gasteiger partial charge in [0.05, 0.1) is 7.11 Å². The van der Waals surface area contributed by atoms with E-state index < -0.39 is 35.6 Å². The number of hydrogen-bond donors (Lipinski definition) is 3. The van der Waals surface area contributed by atoms with Crippen molar-refractivity contribution in [1.82, 2.24) is 10.2 Å². The molecule has 3 N–H and O–H groups in total. The van der Waals surface area contributed by atoms with Gasteiger partial charge in [-0.2, -0.15) is 0 Å². The minimum Gasteiger partial charge on any atom is -0.507 e. The number of phenolic OH excluding ortho intramolecular Hbond substituents is 1. The molecule has 0 aromatic heterocycles. The summed E-state index contributed by atoms with van der Waals surface area (Å²) >= 11 is 0. The van der Waals surface area contributed by atoms with E-state index in [1.165, 1.54) is 11.0 Å². The molecule has 2 atom stereocenters. The third-order valence-electron chi connectivity index (χ3n) is 5.79. The number of rotatable bonds is 11. The fourth-order valence-corrected chi connectivity index (χ4v) is 4.04. The van der Waals surface area contributed by atoms with E-state index in [4.69, 9.17) is 9.47 Å². The van der Waals surface area contributed by atoms with E-state index in [0.717, 1.165) is 0 Å². The first kappa shape index (κ1) is 31.2. The summed E-state index contributed by atoms with van der Waals surface area (Å²) in [6.07, 6.45) is 1.06. The Hall–Kier alpha value is -4.01. The van der Waals surface area contributed by atoms with Crippen molar-refractivity contribution in [2.45, 2.75) is 65.6 Å². The fraction of sp³-hybridized carbons (Fsp3) is 0.433. The lowest BCUT2D eigenvalue weighted by Crippen LogP contribution is -2.52. The molecule has 0 aliphatic rings. The third kappa shape index (κ3) is 9.05. The van der Waals surface area contributed by atoms with E-state index in [9.17, 15) is 19.5 Å². The maximum Gasteiger partial charge on any atom is 0.408 e. The number of para-hydroxylation sites is 1. The summed E-state index contributed by atoms with van der Waals surface area (Å²) in [4.78, 5) is 41.8. The van der Waals surface area contributed by atoms with Crippen molar-refractivity contribution in [2.24, 2.45) is 5.92 Å².